The van der Waals surface area contributed by atoms with Crippen molar-refractivity contribution in [1.82, 2.24) is 5.32 Å². The van der Waals surface area contributed by atoms with Gasteiger partial charge in [0.25, 0.3) is 0 Å². The number of thiophene rings is 1. The van der Waals surface area contributed by atoms with Crippen LogP contribution in [-0.4, -0.2) is 25.3 Å². The van der Waals surface area contributed by atoms with E-state index >= 15 is 0 Å². The van der Waals surface area contributed by atoms with Crippen LogP contribution in [0.5, 0.6) is 0 Å². The summed E-state index contributed by atoms with van der Waals surface area (Å²) < 4.78 is 6.91. The minimum absolute atomic E-state index is 0.114. The summed E-state index contributed by atoms with van der Waals surface area (Å²) in [5.41, 5.74) is 0.114. The monoisotopic (exact) mass is 317 g/mol. The van der Waals surface area contributed by atoms with Crippen molar-refractivity contribution in [3.05, 3.63) is 21.3 Å². The molecule has 1 N–H and O–H groups in total. The Hall–Kier alpha value is -0.0900. The van der Waals surface area contributed by atoms with Gasteiger partial charge >= 0.3 is 0 Å². The minimum Gasteiger partial charge on any atom is -0.376 e. The Morgan fingerprint density at radius 3 is 2.45 bits per heavy atom. The highest BCUT2D eigenvalue weighted by molar-refractivity contribution is 7.16. The van der Waals surface area contributed by atoms with E-state index in [9.17, 15) is 0 Å². The molecule has 0 bridgehead atoms. The molecule has 2 atom stereocenters. The summed E-state index contributed by atoms with van der Waals surface area (Å²) >= 11 is 7.71. The second-order valence-corrected chi connectivity index (χ2v) is 8.01. The second-order valence-electron chi connectivity index (χ2n) is 6.21. The van der Waals surface area contributed by atoms with Gasteiger partial charge in [-0.1, -0.05) is 39.3 Å². The summed E-state index contributed by atoms with van der Waals surface area (Å²) in [6.07, 6.45) is 2.30. The zero-order chi connectivity index (χ0) is 15.2. The average molecular weight is 318 g/mol. The van der Waals surface area contributed by atoms with E-state index in [1.54, 1.807) is 11.3 Å². The van der Waals surface area contributed by atoms with Crippen molar-refractivity contribution in [3.8, 4) is 0 Å². The lowest BCUT2D eigenvalue weighted by molar-refractivity contribution is -0.0353. The van der Waals surface area contributed by atoms with Gasteiger partial charge in [0.05, 0.1) is 10.4 Å². The van der Waals surface area contributed by atoms with E-state index in [0.29, 0.717) is 6.04 Å². The first kappa shape index (κ1) is 18.0. The molecule has 116 valence electrons. The molecule has 0 saturated carbocycles. The Bertz CT molecular complexity index is 386. The number of ether oxygens (including phenoxy) is 1. The van der Waals surface area contributed by atoms with E-state index in [0.717, 1.165) is 30.3 Å². The lowest BCUT2D eigenvalue weighted by Crippen LogP contribution is -2.49. The molecular weight excluding hydrogens is 290 g/mol. The fourth-order valence-corrected chi connectivity index (χ4v) is 3.59. The summed E-state index contributed by atoms with van der Waals surface area (Å²) in [5, 5.41) is 3.66. The molecule has 1 rings (SSSR count). The van der Waals surface area contributed by atoms with Gasteiger partial charge in [-0.3, -0.25) is 0 Å². The zero-order valence-corrected chi connectivity index (χ0v) is 14.9. The van der Waals surface area contributed by atoms with Crippen LogP contribution in [0.1, 0.15) is 45.9 Å². The van der Waals surface area contributed by atoms with Crippen LogP contribution < -0.4 is 5.32 Å². The molecule has 1 heterocycles. The molecule has 4 heteroatoms. The molecule has 0 fully saturated rings. The highest BCUT2D eigenvalue weighted by atomic mass is 35.5. The Kier molecular flexibility index (Phi) is 7.52. The molecule has 0 aliphatic rings. The van der Waals surface area contributed by atoms with Crippen LogP contribution in [0.3, 0.4) is 0 Å². The van der Waals surface area contributed by atoms with Crippen molar-refractivity contribution in [1.29, 1.82) is 0 Å². The molecule has 2 unspecified atom stereocenters. The number of hydrogen-bond acceptors (Lipinski definition) is 3. The maximum Gasteiger partial charge on any atom is 0.0931 e. The predicted molar refractivity (Wildman–Crippen MR) is 90.0 cm³/mol. The minimum atomic E-state index is 0.114. The van der Waals surface area contributed by atoms with Crippen LogP contribution in [0, 0.1) is 5.41 Å². The van der Waals surface area contributed by atoms with E-state index < -0.39 is 0 Å². The van der Waals surface area contributed by atoms with Gasteiger partial charge in [0.15, 0.2) is 0 Å². The van der Waals surface area contributed by atoms with Gasteiger partial charge in [-0.15, -0.1) is 11.3 Å². The van der Waals surface area contributed by atoms with Crippen LogP contribution in [0.2, 0.25) is 4.34 Å². The molecule has 20 heavy (non-hydrogen) atoms. The Labute approximate surface area is 132 Å². The lowest BCUT2D eigenvalue weighted by Gasteiger charge is -2.37. The summed E-state index contributed by atoms with van der Waals surface area (Å²) in [7, 11) is 0. The number of hydrogen-bond donors (Lipinski definition) is 1. The van der Waals surface area contributed by atoms with E-state index in [1.807, 2.05) is 6.07 Å². The third kappa shape index (κ3) is 5.72. The normalized spacial score (nSPS) is 15.3. The predicted octanol–water partition coefficient (Wildman–Crippen LogP) is 4.76. The van der Waals surface area contributed by atoms with Gasteiger partial charge in [-0.2, -0.15) is 0 Å². The molecule has 0 spiro atoms. The third-order valence-electron chi connectivity index (χ3n) is 3.27. The van der Waals surface area contributed by atoms with Crippen molar-refractivity contribution < 1.29 is 4.74 Å². The highest BCUT2D eigenvalue weighted by Gasteiger charge is 2.32. The summed E-state index contributed by atoms with van der Waals surface area (Å²) in [6.45, 7) is 12.8. The number of nitrogens with one attached hydrogen (secondary N) is 1. The van der Waals surface area contributed by atoms with Crippen LogP contribution in [0.15, 0.2) is 12.1 Å². The SMILES string of the molecule is CCCNC(Cc1ccc(Cl)s1)C(OCC)C(C)(C)C. The first-order chi connectivity index (χ1) is 9.38. The Morgan fingerprint density at radius 1 is 1.30 bits per heavy atom. The van der Waals surface area contributed by atoms with E-state index in [4.69, 9.17) is 16.3 Å². The fourth-order valence-electron chi connectivity index (χ4n) is 2.44. The van der Waals surface area contributed by atoms with E-state index in [-0.39, 0.29) is 11.5 Å². The Balaban J connectivity index is 2.84. The van der Waals surface area contributed by atoms with Crippen LogP contribution in [-0.2, 0) is 11.2 Å². The van der Waals surface area contributed by atoms with Crippen molar-refractivity contribution in [3.63, 3.8) is 0 Å². The Morgan fingerprint density at radius 2 is 2.00 bits per heavy atom. The average Bonchev–Trinajstić information content (AvgIpc) is 2.76. The van der Waals surface area contributed by atoms with Gasteiger partial charge in [0, 0.05) is 17.5 Å². The molecule has 0 aliphatic carbocycles. The zero-order valence-electron chi connectivity index (χ0n) is 13.3. The van der Waals surface area contributed by atoms with E-state index in [1.165, 1.54) is 4.88 Å². The molecule has 2 nitrogen and oxygen atoms in total. The lowest BCUT2D eigenvalue weighted by atomic mass is 9.83. The van der Waals surface area contributed by atoms with Crippen molar-refractivity contribution >= 4 is 22.9 Å². The quantitative estimate of drug-likeness (QED) is 0.746. The second kappa shape index (κ2) is 8.38. The van der Waals surface area contributed by atoms with Crippen molar-refractivity contribution in [2.24, 2.45) is 5.41 Å². The van der Waals surface area contributed by atoms with Crippen LogP contribution >= 0.6 is 22.9 Å². The maximum absolute atomic E-state index is 6.05. The molecular formula is C16H28ClNOS. The topological polar surface area (TPSA) is 21.3 Å². The van der Waals surface area contributed by atoms with Gasteiger partial charge in [-0.25, -0.2) is 0 Å². The van der Waals surface area contributed by atoms with Crippen molar-refractivity contribution in [2.45, 2.75) is 59.6 Å². The summed E-state index contributed by atoms with van der Waals surface area (Å²) in [5.74, 6) is 0. The smallest absolute Gasteiger partial charge is 0.0931 e. The van der Waals surface area contributed by atoms with Gasteiger partial charge in [-0.05, 0) is 43.9 Å². The standard InChI is InChI=1S/C16H28ClNOS/c1-6-10-18-13(11-12-8-9-14(17)20-12)15(19-7-2)16(3,4)5/h8-9,13,15,18H,6-7,10-11H2,1-5H3. The maximum atomic E-state index is 6.05. The van der Waals surface area contributed by atoms with Crippen LogP contribution in [0.4, 0.5) is 0 Å². The summed E-state index contributed by atoms with van der Waals surface area (Å²) in [4.78, 5) is 1.32. The first-order valence-corrected chi connectivity index (χ1v) is 8.67. The highest BCUT2D eigenvalue weighted by Crippen LogP contribution is 2.29. The molecule has 0 amide bonds. The number of rotatable bonds is 8. The molecule has 1 aromatic heterocycles. The number of halogens is 1. The molecule has 0 saturated heterocycles. The third-order valence-corrected chi connectivity index (χ3v) is 4.53. The van der Waals surface area contributed by atoms with Crippen LogP contribution in [0.25, 0.3) is 0 Å². The van der Waals surface area contributed by atoms with Crippen molar-refractivity contribution in [2.75, 3.05) is 13.2 Å². The first-order valence-electron chi connectivity index (χ1n) is 7.47. The van der Waals surface area contributed by atoms with Gasteiger partial charge in [0.1, 0.15) is 0 Å². The molecule has 0 aromatic carbocycles. The van der Waals surface area contributed by atoms with E-state index in [2.05, 4.69) is 46.0 Å². The molecule has 0 radical (unpaired) electrons. The fraction of sp³-hybridized carbons (Fsp3) is 0.750. The summed E-state index contributed by atoms with van der Waals surface area (Å²) in [6, 6.07) is 4.43. The molecule has 0 aliphatic heterocycles. The largest absolute Gasteiger partial charge is 0.376 e. The molecule has 1 aromatic rings. The van der Waals surface area contributed by atoms with Gasteiger partial charge in [0.2, 0.25) is 0 Å². The van der Waals surface area contributed by atoms with Gasteiger partial charge < -0.3 is 10.1 Å².